The summed E-state index contributed by atoms with van der Waals surface area (Å²) in [4.78, 5) is 11.4. The van der Waals surface area contributed by atoms with Crippen molar-refractivity contribution in [1.82, 2.24) is 0 Å². The van der Waals surface area contributed by atoms with E-state index in [1.165, 1.54) is 0 Å². The van der Waals surface area contributed by atoms with Gasteiger partial charge < -0.3 is 5.11 Å². The van der Waals surface area contributed by atoms with Gasteiger partial charge in [0.05, 0.1) is 5.57 Å². The van der Waals surface area contributed by atoms with Gasteiger partial charge in [-0.2, -0.15) is 0 Å². The highest BCUT2D eigenvalue weighted by atomic mass is 35.5. The van der Waals surface area contributed by atoms with Crippen LogP contribution in [0.15, 0.2) is 48.5 Å². The molecule has 2 rings (SSSR count). The van der Waals surface area contributed by atoms with Crippen LogP contribution in [-0.2, 0) is 4.79 Å². The molecule has 0 saturated carbocycles. The molecule has 0 unspecified atom stereocenters. The van der Waals surface area contributed by atoms with Gasteiger partial charge in [-0.25, -0.2) is 4.79 Å². The predicted octanol–water partition coefficient (Wildman–Crippen LogP) is 4.27. The van der Waals surface area contributed by atoms with E-state index in [1.54, 1.807) is 30.3 Å². The van der Waals surface area contributed by atoms with Crippen LogP contribution in [0.3, 0.4) is 0 Å². The molecule has 0 aliphatic rings. The van der Waals surface area contributed by atoms with Crippen LogP contribution in [0, 0.1) is 6.92 Å². The van der Waals surface area contributed by atoms with E-state index < -0.39 is 5.97 Å². The summed E-state index contributed by atoms with van der Waals surface area (Å²) in [5, 5.41) is 9.81. The summed E-state index contributed by atoms with van der Waals surface area (Å²) in [6, 6.07) is 14.6. The van der Waals surface area contributed by atoms with E-state index in [1.807, 2.05) is 31.2 Å². The fourth-order valence-electron chi connectivity index (χ4n) is 1.84. The van der Waals surface area contributed by atoms with Crippen LogP contribution < -0.4 is 0 Å². The van der Waals surface area contributed by atoms with E-state index in [2.05, 4.69) is 0 Å². The lowest BCUT2D eigenvalue weighted by atomic mass is 10.0. The molecule has 0 fully saturated rings. The SMILES string of the molecule is Cc1ccccc1/C=C(/C(=O)O)c1ccccc1Cl. The molecule has 0 spiro atoms. The summed E-state index contributed by atoms with van der Waals surface area (Å²) in [5.41, 5.74) is 2.62. The van der Waals surface area contributed by atoms with Crippen LogP contribution in [0.25, 0.3) is 11.6 Å². The molecule has 0 aliphatic carbocycles. The Kier molecular flexibility index (Phi) is 4.03. The fraction of sp³-hybridized carbons (Fsp3) is 0.0625. The zero-order chi connectivity index (χ0) is 13.8. The maximum atomic E-state index is 11.4. The molecule has 0 atom stereocenters. The third kappa shape index (κ3) is 3.04. The molecule has 0 bridgehead atoms. The van der Waals surface area contributed by atoms with E-state index in [-0.39, 0.29) is 5.57 Å². The number of hydrogen-bond acceptors (Lipinski definition) is 1. The second kappa shape index (κ2) is 5.72. The minimum atomic E-state index is -0.989. The van der Waals surface area contributed by atoms with E-state index in [4.69, 9.17) is 11.6 Å². The summed E-state index contributed by atoms with van der Waals surface area (Å²) >= 11 is 6.06. The highest BCUT2D eigenvalue weighted by molar-refractivity contribution is 6.35. The minimum absolute atomic E-state index is 0.194. The van der Waals surface area contributed by atoms with Gasteiger partial charge in [-0.3, -0.25) is 0 Å². The third-order valence-electron chi connectivity index (χ3n) is 2.88. The van der Waals surface area contributed by atoms with Crippen molar-refractivity contribution in [2.45, 2.75) is 6.92 Å². The highest BCUT2D eigenvalue weighted by Gasteiger charge is 2.13. The maximum Gasteiger partial charge on any atom is 0.336 e. The molecule has 0 saturated heterocycles. The van der Waals surface area contributed by atoms with Gasteiger partial charge in [0.1, 0.15) is 0 Å². The molecular weight excluding hydrogens is 260 g/mol. The zero-order valence-corrected chi connectivity index (χ0v) is 11.2. The number of aliphatic carboxylic acids is 1. The molecule has 0 amide bonds. The molecule has 0 aromatic heterocycles. The van der Waals surface area contributed by atoms with E-state index in [0.29, 0.717) is 10.6 Å². The first kappa shape index (κ1) is 13.4. The Balaban J connectivity index is 2.57. The summed E-state index contributed by atoms with van der Waals surface area (Å²) in [6.45, 7) is 1.94. The molecule has 19 heavy (non-hydrogen) atoms. The number of rotatable bonds is 3. The van der Waals surface area contributed by atoms with E-state index in [9.17, 15) is 9.90 Å². The lowest BCUT2D eigenvalue weighted by molar-refractivity contribution is -0.130. The first-order chi connectivity index (χ1) is 9.09. The topological polar surface area (TPSA) is 37.3 Å². The number of benzene rings is 2. The molecule has 0 aliphatic heterocycles. The van der Waals surface area contributed by atoms with Crippen LogP contribution in [-0.4, -0.2) is 11.1 Å². The molecule has 1 N–H and O–H groups in total. The van der Waals surface area contributed by atoms with Crippen molar-refractivity contribution in [3.05, 3.63) is 70.2 Å². The monoisotopic (exact) mass is 272 g/mol. The summed E-state index contributed by atoms with van der Waals surface area (Å²) in [5.74, 6) is -0.989. The van der Waals surface area contributed by atoms with Crippen LogP contribution in [0.4, 0.5) is 0 Å². The van der Waals surface area contributed by atoms with Crippen molar-refractivity contribution in [3.63, 3.8) is 0 Å². The molecule has 0 radical (unpaired) electrons. The molecule has 96 valence electrons. The van der Waals surface area contributed by atoms with Crippen molar-refractivity contribution in [2.75, 3.05) is 0 Å². The lowest BCUT2D eigenvalue weighted by Gasteiger charge is -2.06. The van der Waals surface area contributed by atoms with Crippen LogP contribution in [0.5, 0.6) is 0 Å². The molecule has 3 heteroatoms. The Bertz CT molecular complexity index is 645. The Morgan fingerprint density at radius 2 is 1.74 bits per heavy atom. The average Bonchev–Trinajstić information content (AvgIpc) is 2.38. The quantitative estimate of drug-likeness (QED) is 0.669. The summed E-state index contributed by atoms with van der Waals surface area (Å²) < 4.78 is 0. The van der Waals surface area contributed by atoms with Gasteiger partial charge in [-0.1, -0.05) is 54.1 Å². The predicted molar refractivity (Wildman–Crippen MR) is 78.1 cm³/mol. The van der Waals surface area contributed by atoms with Gasteiger partial charge >= 0.3 is 5.97 Å². The van der Waals surface area contributed by atoms with Gasteiger partial charge in [-0.05, 0) is 30.2 Å². The van der Waals surface area contributed by atoms with Crippen molar-refractivity contribution >= 4 is 29.2 Å². The summed E-state index contributed by atoms with van der Waals surface area (Å²) in [7, 11) is 0. The fourth-order valence-corrected chi connectivity index (χ4v) is 2.08. The number of hydrogen-bond donors (Lipinski definition) is 1. The van der Waals surface area contributed by atoms with Gasteiger partial charge in [0.25, 0.3) is 0 Å². The van der Waals surface area contributed by atoms with Crippen LogP contribution >= 0.6 is 11.6 Å². The third-order valence-corrected chi connectivity index (χ3v) is 3.21. The largest absolute Gasteiger partial charge is 0.478 e. The van der Waals surface area contributed by atoms with Crippen molar-refractivity contribution in [2.24, 2.45) is 0 Å². The molecule has 2 aromatic rings. The maximum absolute atomic E-state index is 11.4. The number of carbonyl (C=O) groups is 1. The van der Waals surface area contributed by atoms with Gasteiger partial charge in [0, 0.05) is 10.6 Å². The standard InChI is InChI=1S/C16H13ClO2/c1-11-6-2-3-7-12(11)10-14(16(18)19)13-8-4-5-9-15(13)17/h2-10H,1H3,(H,18,19)/b14-10+. The smallest absolute Gasteiger partial charge is 0.336 e. The molecule has 0 heterocycles. The van der Waals surface area contributed by atoms with E-state index in [0.717, 1.165) is 11.1 Å². The van der Waals surface area contributed by atoms with Gasteiger partial charge in [0.15, 0.2) is 0 Å². The van der Waals surface area contributed by atoms with Crippen LogP contribution in [0.1, 0.15) is 16.7 Å². The first-order valence-corrected chi connectivity index (χ1v) is 6.23. The number of aryl methyl sites for hydroxylation is 1. The number of halogens is 1. The number of carboxylic acids is 1. The highest BCUT2D eigenvalue weighted by Crippen LogP contribution is 2.26. The molecular formula is C16H13ClO2. The van der Waals surface area contributed by atoms with Crippen molar-refractivity contribution < 1.29 is 9.90 Å². The Hall–Kier alpha value is -2.06. The Morgan fingerprint density at radius 1 is 1.11 bits per heavy atom. The van der Waals surface area contributed by atoms with Gasteiger partial charge in [-0.15, -0.1) is 0 Å². The average molecular weight is 273 g/mol. The second-order valence-electron chi connectivity index (χ2n) is 4.20. The van der Waals surface area contributed by atoms with Crippen molar-refractivity contribution in [1.29, 1.82) is 0 Å². The normalized spacial score (nSPS) is 11.4. The lowest BCUT2D eigenvalue weighted by Crippen LogP contribution is -2.00. The summed E-state index contributed by atoms with van der Waals surface area (Å²) in [6.07, 6.45) is 1.65. The Morgan fingerprint density at radius 3 is 2.37 bits per heavy atom. The molecule has 2 nitrogen and oxygen atoms in total. The minimum Gasteiger partial charge on any atom is -0.478 e. The first-order valence-electron chi connectivity index (χ1n) is 5.85. The number of carboxylic acid groups (broad SMARTS) is 1. The zero-order valence-electron chi connectivity index (χ0n) is 10.4. The van der Waals surface area contributed by atoms with Crippen LogP contribution in [0.2, 0.25) is 5.02 Å². The van der Waals surface area contributed by atoms with Crippen molar-refractivity contribution in [3.8, 4) is 0 Å². The molecule has 2 aromatic carbocycles. The Labute approximate surface area is 117 Å². The van der Waals surface area contributed by atoms with E-state index >= 15 is 0 Å². The second-order valence-corrected chi connectivity index (χ2v) is 4.61. The van der Waals surface area contributed by atoms with Gasteiger partial charge in [0.2, 0.25) is 0 Å².